The number of anilines is 1. The summed E-state index contributed by atoms with van der Waals surface area (Å²) in [7, 11) is 1.41. The number of aromatic nitrogens is 2. The second kappa shape index (κ2) is 9.68. The van der Waals surface area contributed by atoms with E-state index < -0.39 is 0 Å². The third-order valence-electron chi connectivity index (χ3n) is 6.75. The molecular formula is C26H29ClN4O3. The van der Waals surface area contributed by atoms with Gasteiger partial charge in [0.2, 0.25) is 0 Å². The summed E-state index contributed by atoms with van der Waals surface area (Å²) in [6, 6.07) is 11.8. The molecule has 2 aromatic carbocycles. The Kier molecular flexibility index (Phi) is 6.48. The lowest BCUT2D eigenvalue weighted by atomic mass is 9.92. The Morgan fingerprint density at radius 3 is 2.62 bits per heavy atom. The van der Waals surface area contributed by atoms with E-state index >= 15 is 0 Å². The number of nitrogens with one attached hydrogen (secondary N) is 1. The molecule has 1 atom stereocenters. The van der Waals surface area contributed by atoms with Gasteiger partial charge < -0.3 is 14.8 Å². The van der Waals surface area contributed by atoms with Crippen LogP contribution in [-0.2, 0) is 11.2 Å². The molecule has 1 saturated heterocycles. The first-order valence-corrected chi connectivity index (χ1v) is 12.1. The summed E-state index contributed by atoms with van der Waals surface area (Å²) >= 11 is 6.09. The minimum Gasteiger partial charge on any atom is -0.456 e. The lowest BCUT2D eigenvalue weighted by Crippen LogP contribution is -2.42. The fraction of sp³-hybridized carbons (Fsp3) is 0.385. The minimum absolute atomic E-state index is 0.0387. The van der Waals surface area contributed by atoms with Crippen LogP contribution in [-0.4, -0.2) is 42.1 Å². The number of carbonyl (C=O) groups is 1. The van der Waals surface area contributed by atoms with Crippen molar-refractivity contribution < 1.29 is 14.3 Å². The summed E-state index contributed by atoms with van der Waals surface area (Å²) in [5.41, 5.74) is 3.76. The fourth-order valence-corrected chi connectivity index (χ4v) is 5.02. The summed E-state index contributed by atoms with van der Waals surface area (Å²) in [4.78, 5) is 14.3. The largest absolute Gasteiger partial charge is 0.456 e. The Labute approximate surface area is 204 Å². The Bertz CT molecular complexity index is 1170. The average Bonchev–Trinajstić information content (AvgIpc) is 3.35. The number of benzene rings is 2. The van der Waals surface area contributed by atoms with Gasteiger partial charge in [0.1, 0.15) is 11.5 Å². The summed E-state index contributed by atoms with van der Waals surface area (Å²) in [5.74, 6) is 1.43. The molecular weight excluding hydrogens is 452 g/mol. The molecule has 2 aliphatic heterocycles. The predicted molar refractivity (Wildman–Crippen MR) is 133 cm³/mol. The zero-order valence-electron chi connectivity index (χ0n) is 19.5. The van der Waals surface area contributed by atoms with E-state index in [4.69, 9.17) is 21.1 Å². The zero-order valence-corrected chi connectivity index (χ0v) is 20.2. The third-order valence-corrected chi connectivity index (χ3v) is 7.00. The number of carbonyl (C=O) groups excluding carboxylic acids is 1. The fourth-order valence-electron chi connectivity index (χ4n) is 4.89. The smallest absolute Gasteiger partial charge is 0.414 e. The van der Waals surface area contributed by atoms with Crippen LogP contribution in [0.4, 0.5) is 10.5 Å². The van der Waals surface area contributed by atoms with E-state index in [1.54, 1.807) is 4.90 Å². The van der Waals surface area contributed by atoms with Crippen molar-refractivity contribution in [3.05, 3.63) is 59.4 Å². The van der Waals surface area contributed by atoms with Crippen LogP contribution >= 0.6 is 11.6 Å². The van der Waals surface area contributed by atoms with Gasteiger partial charge in [-0.15, -0.1) is 0 Å². The Morgan fingerprint density at radius 2 is 1.88 bits per heavy atom. The molecule has 1 fully saturated rings. The average molecular weight is 481 g/mol. The molecule has 1 amide bonds. The molecule has 8 heteroatoms. The SMILES string of the molecule is COC(=O)N1c2ccc(-c3cnn(C4CCNCC4)c3)c(Oc3ccc(Cl)cc3)c2CCC1C. The van der Waals surface area contributed by atoms with Crippen LogP contribution in [0.1, 0.15) is 37.8 Å². The molecule has 1 aromatic heterocycles. The van der Waals surface area contributed by atoms with Crippen molar-refractivity contribution in [3.8, 4) is 22.6 Å². The number of amides is 1. The summed E-state index contributed by atoms with van der Waals surface area (Å²) in [6.07, 6.45) is 7.38. The molecule has 2 aliphatic rings. The van der Waals surface area contributed by atoms with Gasteiger partial charge in [-0.3, -0.25) is 9.58 Å². The van der Waals surface area contributed by atoms with Crippen molar-refractivity contribution in [3.63, 3.8) is 0 Å². The number of nitrogens with zero attached hydrogens (tertiary/aromatic N) is 3. The van der Waals surface area contributed by atoms with Gasteiger partial charge in [0.25, 0.3) is 0 Å². The zero-order chi connectivity index (χ0) is 23.7. The maximum absolute atomic E-state index is 12.6. The molecule has 5 rings (SSSR count). The van der Waals surface area contributed by atoms with Crippen molar-refractivity contribution in [2.75, 3.05) is 25.1 Å². The number of ether oxygens (including phenoxy) is 2. The Balaban J connectivity index is 1.59. The number of piperidine rings is 1. The van der Waals surface area contributed by atoms with Crippen LogP contribution in [0.15, 0.2) is 48.8 Å². The molecule has 0 bridgehead atoms. The quantitative estimate of drug-likeness (QED) is 0.509. The van der Waals surface area contributed by atoms with Gasteiger partial charge in [0.05, 0.1) is 25.0 Å². The first-order valence-electron chi connectivity index (χ1n) is 11.8. The van der Waals surface area contributed by atoms with E-state index in [1.165, 1.54) is 7.11 Å². The molecule has 34 heavy (non-hydrogen) atoms. The van der Waals surface area contributed by atoms with E-state index in [9.17, 15) is 4.79 Å². The van der Waals surface area contributed by atoms with Crippen molar-refractivity contribution in [2.24, 2.45) is 0 Å². The molecule has 3 heterocycles. The molecule has 3 aromatic rings. The van der Waals surface area contributed by atoms with Gasteiger partial charge in [-0.25, -0.2) is 4.79 Å². The summed E-state index contributed by atoms with van der Waals surface area (Å²) in [5, 5.41) is 8.74. The van der Waals surface area contributed by atoms with Crippen LogP contribution in [0.3, 0.4) is 0 Å². The number of rotatable bonds is 4. The number of hydrogen-bond donors (Lipinski definition) is 1. The number of fused-ring (bicyclic) bond motifs is 1. The van der Waals surface area contributed by atoms with Gasteiger partial charge in [0, 0.05) is 34.0 Å². The maximum Gasteiger partial charge on any atom is 0.414 e. The van der Waals surface area contributed by atoms with Crippen molar-refractivity contribution >= 4 is 23.4 Å². The summed E-state index contributed by atoms with van der Waals surface area (Å²) < 4.78 is 13.6. The second-order valence-electron chi connectivity index (χ2n) is 8.91. The van der Waals surface area contributed by atoms with Crippen LogP contribution in [0.2, 0.25) is 5.02 Å². The lowest BCUT2D eigenvalue weighted by molar-refractivity contribution is 0.175. The number of hydrogen-bond acceptors (Lipinski definition) is 5. The minimum atomic E-state index is -0.364. The standard InChI is InChI=1S/C26H29ClN4O3/c1-17-3-8-23-24(31(17)26(32)33-2)10-9-22(25(23)34-21-6-4-19(27)5-7-21)18-15-29-30(16-18)20-11-13-28-14-12-20/h4-7,9-10,15-17,20,28H,3,8,11-14H2,1-2H3. The topological polar surface area (TPSA) is 68.6 Å². The van der Waals surface area contributed by atoms with E-state index in [1.807, 2.05) is 49.5 Å². The number of methoxy groups -OCH3 is 1. The molecule has 0 saturated carbocycles. The molecule has 7 nitrogen and oxygen atoms in total. The highest BCUT2D eigenvalue weighted by Crippen LogP contribution is 2.45. The first kappa shape index (κ1) is 22.7. The van der Waals surface area contributed by atoms with Gasteiger partial charge >= 0.3 is 6.09 Å². The van der Waals surface area contributed by atoms with Gasteiger partial charge in [-0.05, 0) is 82.1 Å². The third kappa shape index (κ3) is 4.38. The molecule has 0 aliphatic carbocycles. The van der Waals surface area contributed by atoms with Gasteiger partial charge in [-0.1, -0.05) is 11.6 Å². The lowest BCUT2D eigenvalue weighted by Gasteiger charge is -2.35. The number of halogens is 1. The van der Waals surface area contributed by atoms with Gasteiger partial charge in [-0.2, -0.15) is 5.10 Å². The van der Waals surface area contributed by atoms with E-state index in [2.05, 4.69) is 21.3 Å². The Morgan fingerprint density at radius 1 is 1.12 bits per heavy atom. The van der Waals surface area contributed by atoms with Crippen LogP contribution in [0.25, 0.3) is 11.1 Å². The highest BCUT2D eigenvalue weighted by atomic mass is 35.5. The van der Waals surface area contributed by atoms with Crippen molar-refractivity contribution in [2.45, 2.75) is 44.7 Å². The predicted octanol–water partition coefficient (Wildman–Crippen LogP) is 5.83. The Hall–Kier alpha value is -3.03. The molecule has 1 unspecified atom stereocenters. The van der Waals surface area contributed by atoms with Crippen LogP contribution in [0, 0.1) is 0 Å². The van der Waals surface area contributed by atoms with Crippen LogP contribution < -0.4 is 15.0 Å². The highest BCUT2D eigenvalue weighted by Gasteiger charge is 2.32. The molecule has 0 radical (unpaired) electrons. The monoisotopic (exact) mass is 480 g/mol. The molecule has 1 N–H and O–H groups in total. The maximum atomic E-state index is 12.6. The van der Waals surface area contributed by atoms with E-state index in [0.717, 1.165) is 66.9 Å². The summed E-state index contributed by atoms with van der Waals surface area (Å²) in [6.45, 7) is 4.05. The van der Waals surface area contributed by atoms with Crippen molar-refractivity contribution in [1.29, 1.82) is 0 Å². The van der Waals surface area contributed by atoms with Crippen LogP contribution in [0.5, 0.6) is 11.5 Å². The molecule has 0 spiro atoms. The van der Waals surface area contributed by atoms with Crippen molar-refractivity contribution in [1.82, 2.24) is 15.1 Å². The van der Waals surface area contributed by atoms with E-state index in [-0.39, 0.29) is 12.1 Å². The first-order chi connectivity index (χ1) is 16.5. The highest BCUT2D eigenvalue weighted by molar-refractivity contribution is 6.30. The molecule has 178 valence electrons. The van der Waals surface area contributed by atoms with E-state index in [0.29, 0.717) is 16.8 Å². The second-order valence-corrected chi connectivity index (χ2v) is 9.35. The van der Waals surface area contributed by atoms with Gasteiger partial charge in [0.15, 0.2) is 0 Å². The normalized spacial score (nSPS) is 18.4.